The Bertz CT molecular complexity index is 99.3. The Kier molecular flexibility index (Phi) is 8.53. The summed E-state index contributed by atoms with van der Waals surface area (Å²) in [5.74, 6) is 0.874. The third-order valence-corrected chi connectivity index (χ3v) is 2.41. The van der Waals surface area contributed by atoms with E-state index in [0.29, 0.717) is 6.04 Å². The fourth-order valence-corrected chi connectivity index (χ4v) is 1.50. The van der Waals surface area contributed by atoms with Gasteiger partial charge in [-0.2, -0.15) is 0 Å². The second-order valence-electron chi connectivity index (χ2n) is 4.53. The number of hydrogen-bond acceptors (Lipinski definition) is 1. The minimum Gasteiger partial charge on any atom is -0.314 e. The smallest absolute Gasteiger partial charge is 0.00387 e. The maximum atomic E-state index is 3.52. The molecule has 0 fully saturated rings. The lowest BCUT2D eigenvalue weighted by Gasteiger charge is -2.13. The van der Waals surface area contributed by atoms with Crippen LogP contribution in [0.4, 0.5) is 0 Å². The van der Waals surface area contributed by atoms with Gasteiger partial charge in [0.05, 0.1) is 0 Å². The topological polar surface area (TPSA) is 12.0 Å². The van der Waals surface area contributed by atoms with Gasteiger partial charge in [-0.3, -0.25) is 0 Å². The predicted octanol–water partition coefficient (Wildman–Crippen LogP) is 3.59. The van der Waals surface area contributed by atoms with Gasteiger partial charge in [-0.1, -0.05) is 40.0 Å². The Hall–Kier alpha value is -0.0400. The first-order valence-electron chi connectivity index (χ1n) is 5.90. The molecule has 0 heterocycles. The van der Waals surface area contributed by atoms with Crippen LogP contribution in [0.15, 0.2) is 0 Å². The second kappa shape index (κ2) is 8.55. The third-order valence-electron chi connectivity index (χ3n) is 2.41. The zero-order valence-corrected chi connectivity index (χ0v) is 9.90. The molecule has 80 valence electrons. The van der Waals surface area contributed by atoms with Gasteiger partial charge in [-0.05, 0) is 32.2 Å². The Labute approximate surface area is 84.3 Å². The molecule has 0 saturated heterocycles. The molecule has 0 aliphatic carbocycles. The molecule has 0 bridgehead atoms. The van der Waals surface area contributed by atoms with Crippen LogP contribution in [-0.2, 0) is 0 Å². The largest absolute Gasteiger partial charge is 0.314 e. The molecule has 0 spiro atoms. The van der Waals surface area contributed by atoms with Crippen molar-refractivity contribution in [3.63, 3.8) is 0 Å². The molecule has 1 heteroatoms. The van der Waals surface area contributed by atoms with E-state index in [4.69, 9.17) is 0 Å². The molecule has 1 atom stereocenters. The van der Waals surface area contributed by atoms with Crippen molar-refractivity contribution in [3.8, 4) is 0 Å². The van der Waals surface area contributed by atoms with Crippen molar-refractivity contribution in [2.45, 2.75) is 65.8 Å². The molecule has 0 aromatic heterocycles. The first-order valence-corrected chi connectivity index (χ1v) is 5.90. The molecule has 0 rings (SSSR count). The van der Waals surface area contributed by atoms with Gasteiger partial charge in [0.2, 0.25) is 0 Å². The maximum Gasteiger partial charge on any atom is 0.00387 e. The van der Waals surface area contributed by atoms with E-state index in [1.54, 1.807) is 0 Å². The normalized spacial score (nSPS) is 13.6. The predicted molar refractivity (Wildman–Crippen MR) is 61.1 cm³/mol. The molecule has 0 radical (unpaired) electrons. The Balaban J connectivity index is 3.12. The summed E-state index contributed by atoms with van der Waals surface area (Å²) in [7, 11) is 0. The van der Waals surface area contributed by atoms with E-state index in [1.807, 2.05) is 0 Å². The van der Waals surface area contributed by atoms with E-state index in [-0.39, 0.29) is 0 Å². The van der Waals surface area contributed by atoms with Crippen LogP contribution in [0.3, 0.4) is 0 Å². The monoisotopic (exact) mass is 185 g/mol. The summed E-state index contributed by atoms with van der Waals surface area (Å²) in [6, 6.07) is 0.715. The number of rotatable bonds is 8. The van der Waals surface area contributed by atoms with E-state index in [9.17, 15) is 0 Å². The van der Waals surface area contributed by atoms with Crippen molar-refractivity contribution in [1.82, 2.24) is 5.32 Å². The highest BCUT2D eigenvalue weighted by molar-refractivity contribution is 4.60. The summed E-state index contributed by atoms with van der Waals surface area (Å²) in [6.07, 6.45) is 6.76. The van der Waals surface area contributed by atoms with E-state index < -0.39 is 0 Å². The van der Waals surface area contributed by atoms with Gasteiger partial charge in [0.25, 0.3) is 0 Å². The van der Waals surface area contributed by atoms with Crippen LogP contribution in [0.5, 0.6) is 0 Å². The van der Waals surface area contributed by atoms with Crippen molar-refractivity contribution in [2.75, 3.05) is 6.54 Å². The summed E-state index contributed by atoms with van der Waals surface area (Å²) in [6.45, 7) is 10.3. The fourth-order valence-electron chi connectivity index (χ4n) is 1.50. The maximum absolute atomic E-state index is 3.52. The minimum atomic E-state index is 0.715. The zero-order chi connectivity index (χ0) is 10.1. The standard InChI is InChI=1S/C12H27N/c1-5-10-13-12(4)9-7-6-8-11(2)3/h11-13H,5-10H2,1-4H3. The van der Waals surface area contributed by atoms with E-state index in [2.05, 4.69) is 33.0 Å². The van der Waals surface area contributed by atoms with Gasteiger partial charge < -0.3 is 5.32 Å². The van der Waals surface area contributed by atoms with Gasteiger partial charge in [0.15, 0.2) is 0 Å². The molecule has 0 aromatic carbocycles. The lowest BCUT2D eigenvalue weighted by atomic mass is 10.0. The Morgan fingerprint density at radius 2 is 1.62 bits per heavy atom. The average molecular weight is 185 g/mol. The Morgan fingerprint density at radius 1 is 1.00 bits per heavy atom. The lowest BCUT2D eigenvalue weighted by molar-refractivity contribution is 0.462. The fraction of sp³-hybridized carbons (Fsp3) is 1.00. The van der Waals surface area contributed by atoms with Crippen LogP contribution < -0.4 is 5.32 Å². The van der Waals surface area contributed by atoms with Crippen molar-refractivity contribution in [3.05, 3.63) is 0 Å². The summed E-state index contributed by atoms with van der Waals surface area (Å²) in [5.41, 5.74) is 0. The Morgan fingerprint density at radius 3 is 2.15 bits per heavy atom. The van der Waals surface area contributed by atoms with Gasteiger partial charge in [-0.25, -0.2) is 0 Å². The molecular weight excluding hydrogens is 158 g/mol. The van der Waals surface area contributed by atoms with Crippen LogP contribution in [0.25, 0.3) is 0 Å². The van der Waals surface area contributed by atoms with Gasteiger partial charge in [-0.15, -0.1) is 0 Å². The quantitative estimate of drug-likeness (QED) is 0.570. The number of unbranched alkanes of at least 4 members (excludes halogenated alkanes) is 1. The first-order chi connectivity index (χ1) is 6.16. The van der Waals surface area contributed by atoms with Crippen molar-refractivity contribution >= 4 is 0 Å². The molecule has 0 aliphatic heterocycles. The van der Waals surface area contributed by atoms with Crippen LogP contribution in [-0.4, -0.2) is 12.6 Å². The summed E-state index contributed by atoms with van der Waals surface area (Å²) in [5, 5.41) is 3.52. The SMILES string of the molecule is CCCNC(C)CCCCC(C)C. The highest BCUT2D eigenvalue weighted by atomic mass is 14.9. The van der Waals surface area contributed by atoms with E-state index in [1.165, 1.54) is 38.6 Å². The molecule has 1 nitrogen and oxygen atoms in total. The second-order valence-corrected chi connectivity index (χ2v) is 4.53. The molecule has 13 heavy (non-hydrogen) atoms. The molecule has 1 N–H and O–H groups in total. The summed E-state index contributed by atoms with van der Waals surface area (Å²) in [4.78, 5) is 0. The van der Waals surface area contributed by atoms with Crippen LogP contribution in [0.1, 0.15) is 59.8 Å². The van der Waals surface area contributed by atoms with Gasteiger partial charge >= 0.3 is 0 Å². The van der Waals surface area contributed by atoms with Gasteiger partial charge in [0, 0.05) is 6.04 Å². The summed E-state index contributed by atoms with van der Waals surface area (Å²) < 4.78 is 0. The molecule has 0 aliphatic rings. The number of hydrogen-bond donors (Lipinski definition) is 1. The first kappa shape index (κ1) is 13.0. The van der Waals surface area contributed by atoms with Crippen LogP contribution >= 0.6 is 0 Å². The zero-order valence-electron chi connectivity index (χ0n) is 9.90. The minimum absolute atomic E-state index is 0.715. The molecule has 1 unspecified atom stereocenters. The molecule has 0 aromatic rings. The number of nitrogens with one attached hydrogen (secondary N) is 1. The molecule has 0 amide bonds. The highest BCUT2D eigenvalue weighted by Crippen LogP contribution is 2.09. The van der Waals surface area contributed by atoms with E-state index in [0.717, 1.165) is 5.92 Å². The van der Waals surface area contributed by atoms with Crippen LogP contribution in [0, 0.1) is 5.92 Å². The average Bonchev–Trinajstić information content (AvgIpc) is 2.08. The highest BCUT2D eigenvalue weighted by Gasteiger charge is 2.00. The third kappa shape index (κ3) is 9.88. The van der Waals surface area contributed by atoms with Crippen molar-refractivity contribution in [2.24, 2.45) is 5.92 Å². The van der Waals surface area contributed by atoms with Crippen molar-refractivity contribution in [1.29, 1.82) is 0 Å². The summed E-state index contributed by atoms with van der Waals surface area (Å²) >= 11 is 0. The van der Waals surface area contributed by atoms with Crippen molar-refractivity contribution < 1.29 is 0 Å². The van der Waals surface area contributed by atoms with Crippen LogP contribution in [0.2, 0.25) is 0 Å². The molecule has 0 saturated carbocycles. The lowest BCUT2D eigenvalue weighted by Crippen LogP contribution is -2.26. The molecular formula is C12H27N. The van der Waals surface area contributed by atoms with E-state index >= 15 is 0 Å². The van der Waals surface area contributed by atoms with Gasteiger partial charge in [0.1, 0.15) is 0 Å².